The van der Waals surface area contributed by atoms with E-state index in [9.17, 15) is 4.79 Å². The third kappa shape index (κ3) is 2.78. The number of anilines is 1. The summed E-state index contributed by atoms with van der Waals surface area (Å²) in [5.41, 5.74) is 3.93. The summed E-state index contributed by atoms with van der Waals surface area (Å²) in [4.78, 5) is 19.5. The molecule has 0 spiro atoms. The lowest BCUT2D eigenvalue weighted by molar-refractivity contribution is 0.753. The molecule has 2 aromatic heterocycles. The monoisotopic (exact) mass is 332 g/mol. The predicted octanol–water partition coefficient (Wildman–Crippen LogP) is 3.55. The van der Waals surface area contributed by atoms with Gasteiger partial charge in [0, 0.05) is 47.9 Å². The highest BCUT2D eigenvalue weighted by atomic mass is 16.1. The molecule has 0 radical (unpaired) electrons. The van der Waals surface area contributed by atoms with E-state index in [1.54, 1.807) is 4.57 Å². The lowest BCUT2D eigenvalue weighted by atomic mass is 10.1. The molecule has 5 nitrogen and oxygen atoms in total. The van der Waals surface area contributed by atoms with Crippen LogP contribution in [0.1, 0.15) is 12.6 Å². The van der Waals surface area contributed by atoms with E-state index < -0.39 is 0 Å². The van der Waals surface area contributed by atoms with Crippen LogP contribution in [0, 0.1) is 0 Å². The van der Waals surface area contributed by atoms with E-state index in [0.29, 0.717) is 6.54 Å². The Labute approximate surface area is 145 Å². The molecule has 0 amide bonds. The molecule has 2 N–H and O–H groups in total. The zero-order chi connectivity index (χ0) is 17.2. The fourth-order valence-electron chi connectivity index (χ4n) is 3.33. The van der Waals surface area contributed by atoms with Crippen molar-refractivity contribution in [1.82, 2.24) is 14.5 Å². The molecule has 0 saturated carbocycles. The number of rotatable bonds is 5. The minimum atomic E-state index is -0.0569. The standard InChI is InChI=1S/C20H20N4O/c1-2-24-18-10-9-15-16(19(18)23-20(24)25)7-5-8-17(15)22-13-11-14-6-3-4-12-21-14/h3-10,12,22H,2,11,13H2,1H3,(H,23,25). The van der Waals surface area contributed by atoms with E-state index in [1.165, 1.54) is 0 Å². The number of nitrogens with one attached hydrogen (secondary N) is 2. The minimum Gasteiger partial charge on any atom is -0.384 e. The van der Waals surface area contributed by atoms with Crippen molar-refractivity contribution in [3.05, 3.63) is 70.9 Å². The van der Waals surface area contributed by atoms with Crippen molar-refractivity contribution in [3.8, 4) is 0 Å². The van der Waals surface area contributed by atoms with Crippen molar-refractivity contribution < 1.29 is 0 Å². The molecule has 0 aliphatic rings. The normalized spacial score (nSPS) is 11.2. The minimum absolute atomic E-state index is 0.0569. The summed E-state index contributed by atoms with van der Waals surface area (Å²) in [6.07, 6.45) is 2.68. The van der Waals surface area contributed by atoms with Gasteiger partial charge in [0.2, 0.25) is 0 Å². The third-order valence-electron chi connectivity index (χ3n) is 4.55. The number of aromatic amines is 1. The van der Waals surface area contributed by atoms with E-state index >= 15 is 0 Å². The first kappa shape index (κ1) is 15.4. The van der Waals surface area contributed by atoms with Crippen molar-refractivity contribution >= 4 is 27.5 Å². The molecule has 0 aliphatic carbocycles. The van der Waals surface area contributed by atoms with Gasteiger partial charge in [-0.1, -0.05) is 24.3 Å². The quantitative estimate of drug-likeness (QED) is 0.587. The van der Waals surface area contributed by atoms with Gasteiger partial charge < -0.3 is 10.3 Å². The van der Waals surface area contributed by atoms with E-state index in [4.69, 9.17) is 0 Å². The van der Waals surface area contributed by atoms with Gasteiger partial charge in [-0.3, -0.25) is 9.55 Å². The lowest BCUT2D eigenvalue weighted by Crippen LogP contribution is -2.14. The average Bonchev–Trinajstić information content (AvgIpc) is 2.98. The molecule has 0 aliphatic heterocycles. The summed E-state index contributed by atoms with van der Waals surface area (Å²) in [5, 5.41) is 5.67. The van der Waals surface area contributed by atoms with Crippen LogP contribution in [0.15, 0.2) is 59.5 Å². The molecule has 4 aromatic rings. The lowest BCUT2D eigenvalue weighted by Gasteiger charge is -2.10. The van der Waals surface area contributed by atoms with Crippen LogP contribution in [0.2, 0.25) is 0 Å². The molecule has 0 saturated heterocycles. The van der Waals surface area contributed by atoms with Crippen LogP contribution in [0.4, 0.5) is 5.69 Å². The van der Waals surface area contributed by atoms with E-state index in [-0.39, 0.29) is 5.69 Å². The summed E-state index contributed by atoms with van der Waals surface area (Å²) in [6.45, 7) is 3.45. The molecule has 0 bridgehead atoms. The second kappa shape index (κ2) is 6.43. The van der Waals surface area contributed by atoms with Crippen molar-refractivity contribution in [2.45, 2.75) is 19.9 Å². The van der Waals surface area contributed by atoms with Crippen molar-refractivity contribution in [2.75, 3.05) is 11.9 Å². The van der Waals surface area contributed by atoms with Gasteiger partial charge in [0.25, 0.3) is 0 Å². The van der Waals surface area contributed by atoms with Gasteiger partial charge in [0.15, 0.2) is 0 Å². The van der Waals surface area contributed by atoms with Gasteiger partial charge in [-0.25, -0.2) is 4.79 Å². The topological polar surface area (TPSA) is 62.7 Å². The Hall–Kier alpha value is -3.08. The van der Waals surface area contributed by atoms with Crippen molar-refractivity contribution in [3.63, 3.8) is 0 Å². The maximum absolute atomic E-state index is 12.1. The molecule has 0 atom stereocenters. The Bertz CT molecular complexity index is 1080. The number of pyridine rings is 1. The van der Waals surface area contributed by atoms with Crippen LogP contribution in [0.25, 0.3) is 21.8 Å². The number of hydrogen-bond donors (Lipinski definition) is 2. The van der Waals surface area contributed by atoms with Crippen LogP contribution in [-0.2, 0) is 13.0 Å². The first-order chi connectivity index (χ1) is 12.3. The van der Waals surface area contributed by atoms with Gasteiger partial charge in [0.05, 0.1) is 11.0 Å². The Kier molecular flexibility index (Phi) is 3.98. The molecule has 2 aromatic carbocycles. The maximum atomic E-state index is 12.1. The second-order valence-electron chi connectivity index (χ2n) is 6.03. The smallest absolute Gasteiger partial charge is 0.326 e. The Morgan fingerprint density at radius 3 is 2.80 bits per heavy atom. The molecule has 0 unspecified atom stereocenters. The fraction of sp³-hybridized carbons (Fsp3) is 0.200. The predicted molar refractivity (Wildman–Crippen MR) is 102 cm³/mol. The average molecular weight is 332 g/mol. The third-order valence-corrected chi connectivity index (χ3v) is 4.55. The summed E-state index contributed by atoms with van der Waals surface area (Å²) in [5.74, 6) is 0. The number of nitrogens with zero attached hydrogens (tertiary/aromatic N) is 2. The Balaban J connectivity index is 1.68. The molecular weight excluding hydrogens is 312 g/mol. The van der Waals surface area contributed by atoms with E-state index in [2.05, 4.69) is 33.5 Å². The first-order valence-electron chi connectivity index (χ1n) is 8.56. The number of benzene rings is 2. The van der Waals surface area contributed by atoms with Crippen molar-refractivity contribution in [1.29, 1.82) is 0 Å². The van der Waals surface area contributed by atoms with Gasteiger partial charge in [-0.2, -0.15) is 0 Å². The van der Waals surface area contributed by atoms with Gasteiger partial charge in [-0.05, 0) is 31.2 Å². The first-order valence-corrected chi connectivity index (χ1v) is 8.56. The van der Waals surface area contributed by atoms with Crippen LogP contribution < -0.4 is 11.0 Å². The largest absolute Gasteiger partial charge is 0.384 e. The summed E-state index contributed by atoms with van der Waals surface area (Å²) in [7, 11) is 0. The number of hydrogen-bond acceptors (Lipinski definition) is 3. The van der Waals surface area contributed by atoms with E-state index in [0.717, 1.165) is 46.2 Å². The highest BCUT2D eigenvalue weighted by molar-refractivity contribution is 6.08. The number of fused-ring (bicyclic) bond motifs is 3. The molecule has 25 heavy (non-hydrogen) atoms. The highest BCUT2D eigenvalue weighted by Crippen LogP contribution is 2.28. The van der Waals surface area contributed by atoms with Crippen LogP contribution in [0.5, 0.6) is 0 Å². The fourth-order valence-corrected chi connectivity index (χ4v) is 3.33. The molecule has 126 valence electrons. The van der Waals surface area contributed by atoms with Crippen LogP contribution in [0.3, 0.4) is 0 Å². The van der Waals surface area contributed by atoms with Crippen molar-refractivity contribution in [2.24, 2.45) is 0 Å². The molecule has 5 heteroatoms. The zero-order valence-electron chi connectivity index (χ0n) is 14.1. The number of aromatic nitrogens is 3. The molecule has 4 rings (SSSR count). The maximum Gasteiger partial charge on any atom is 0.326 e. The molecule has 0 fully saturated rings. The Morgan fingerprint density at radius 2 is 2.00 bits per heavy atom. The molecule has 2 heterocycles. The summed E-state index contributed by atoms with van der Waals surface area (Å²) < 4.78 is 1.76. The summed E-state index contributed by atoms with van der Waals surface area (Å²) >= 11 is 0. The zero-order valence-corrected chi connectivity index (χ0v) is 14.1. The number of aryl methyl sites for hydroxylation is 1. The van der Waals surface area contributed by atoms with Crippen LogP contribution >= 0.6 is 0 Å². The second-order valence-corrected chi connectivity index (χ2v) is 6.03. The summed E-state index contributed by atoms with van der Waals surface area (Å²) in [6, 6.07) is 16.2. The Morgan fingerprint density at radius 1 is 1.08 bits per heavy atom. The SMILES string of the molecule is CCn1c(=O)[nH]c2c3cccc(NCCc4ccccn4)c3ccc21. The van der Waals surface area contributed by atoms with E-state index in [1.807, 2.05) is 43.5 Å². The van der Waals surface area contributed by atoms with Gasteiger partial charge >= 0.3 is 5.69 Å². The highest BCUT2D eigenvalue weighted by Gasteiger charge is 2.10. The van der Waals surface area contributed by atoms with Gasteiger partial charge in [-0.15, -0.1) is 0 Å². The molecular formula is C20H20N4O. The number of imidazole rings is 1. The van der Waals surface area contributed by atoms with Crippen LogP contribution in [-0.4, -0.2) is 21.1 Å². The number of H-pyrrole nitrogens is 1. The van der Waals surface area contributed by atoms with Gasteiger partial charge in [0.1, 0.15) is 0 Å².